The molecule has 1 aliphatic rings. The molecule has 1 aliphatic heterocycles. The maximum absolute atomic E-state index is 12.1. The van der Waals surface area contributed by atoms with Gasteiger partial charge >= 0.3 is 0 Å². The van der Waals surface area contributed by atoms with E-state index in [0.29, 0.717) is 6.54 Å². The highest BCUT2D eigenvalue weighted by atomic mass is 16.5. The van der Waals surface area contributed by atoms with Gasteiger partial charge in [0.1, 0.15) is 5.75 Å². The first-order valence-corrected chi connectivity index (χ1v) is 7.44. The fraction of sp³-hybridized carbons (Fsp3) is 0.562. The van der Waals surface area contributed by atoms with Gasteiger partial charge in [-0.15, -0.1) is 0 Å². The Balaban J connectivity index is 2.03. The van der Waals surface area contributed by atoms with Crippen LogP contribution < -0.4 is 15.4 Å². The van der Waals surface area contributed by atoms with E-state index in [1.54, 1.807) is 7.11 Å². The molecule has 21 heavy (non-hydrogen) atoms. The molecule has 0 radical (unpaired) electrons. The third kappa shape index (κ3) is 3.95. The first kappa shape index (κ1) is 15.8. The summed E-state index contributed by atoms with van der Waals surface area (Å²) < 4.78 is 5.43. The van der Waals surface area contributed by atoms with Gasteiger partial charge in [-0.1, -0.05) is 18.2 Å². The van der Waals surface area contributed by atoms with Gasteiger partial charge in [0.05, 0.1) is 19.2 Å². The molecule has 0 saturated carbocycles. The van der Waals surface area contributed by atoms with E-state index in [2.05, 4.69) is 15.5 Å². The molecule has 0 bridgehead atoms. The van der Waals surface area contributed by atoms with Crippen LogP contribution in [0.15, 0.2) is 24.3 Å². The van der Waals surface area contributed by atoms with Crippen molar-refractivity contribution >= 4 is 5.91 Å². The van der Waals surface area contributed by atoms with E-state index in [4.69, 9.17) is 4.74 Å². The minimum absolute atomic E-state index is 0.0366. The summed E-state index contributed by atoms with van der Waals surface area (Å²) in [7, 11) is 5.70. The highest BCUT2D eigenvalue weighted by Gasteiger charge is 2.24. The van der Waals surface area contributed by atoms with Crippen LogP contribution in [0.25, 0.3) is 0 Å². The number of methoxy groups -OCH3 is 1. The van der Waals surface area contributed by atoms with Crippen molar-refractivity contribution in [2.75, 3.05) is 34.3 Å². The van der Waals surface area contributed by atoms with Crippen molar-refractivity contribution in [1.82, 2.24) is 15.5 Å². The van der Waals surface area contributed by atoms with Crippen molar-refractivity contribution < 1.29 is 9.53 Å². The maximum Gasteiger partial charge on any atom is 0.237 e. The van der Waals surface area contributed by atoms with Gasteiger partial charge in [0, 0.05) is 12.1 Å². The lowest BCUT2D eigenvalue weighted by Gasteiger charge is -2.27. The number of hydrogen-bond acceptors (Lipinski definition) is 4. The molecule has 1 amide bonds. The standard InChI is InChI=1S/C16H25N3O2/c1-19(2)14(12-7-4-5-9-15(12)21-3)11-18-16(20)13-8-6-10-17-13/h4-5,7,9,13-14,17H,6,8,10-11H2,1-3H3,(H,18,20). The van der Waals surface area contributed by atoms with Gasteiger partial charge in [-0.05, 0) is 39.5 Å². The first-order chi connectivity index (χ1) is 10.1. The Bertz CT molecular complexity index is 470. The van der Waals surface area contributed by atoms with Crippen LogP contribution in [0.4, 0.5) is 0 Å². The van der Waals surface area contributed by atoms with E-state index >= 15 is 0 Å². The molecule has 0 aromatic heterocycles. The Kier molecular flexibility index (Phi) is 5.59. The zero-order valence-electron chi connectivity index (χ0n) is 13.1. The maximum atomic E-state index is 12.1. The Morgan fingerprint density at radius 1 is 1.48 bits per heavy atom. The molecule has 0 aliphatic carbocycles. The van der Waals surface area contributed by atoms with Crippen molar-refractivity contribution in [3.63, 3.8) is 0 Å². The molecule has 2 atom stereocenters. The zero-order chi connectivity index (χ0) is 15.2. The average molecular weight is 291 g/mol. The largest absolute Gasteiger partial charge is 0.496 e. The summed E-state index contributed by atoms with van der Waals surface area (Å²) in [6, 6.07) is 8.00. The van der Waals surface area contributed by atoms with Crippen LogP contribution in [0, 0.1) is 0 Å². The molecule has 5 nitrogen and oxygen atoms in total. The summed E-state index contributed by atoms with van der Waals surface area (Å²) in [6.07, 6.45) is 1.99. The number of likely N-dealkylation sites (N-methyl/N-ethyl adjacent to an activating group) is 1. The van der Waals surface area contributed by atoms with Crippen molar-refractivity contribution in [3.05, 3.63) is 29.8 Å². The summed E-state index contributed by atoms with van der Waals surface area (Å²) in [6.45, 7) is 1.51. The summed E-state index contributed by atoms with van der Waals surface area (Å²) in [5.74, 6) is 0.943. The van der Waals surface area contributed by atoms with Crippen LogP contribution in [0.2, 0.25) is 0 Å². The Morgan fingerprint density at radius 3 is 2.86 bits per heavy atom. The minimum atomic E-state index is -0.0366. The lowest BCUT2D eigenvalue weighted by molar-refractivity contribution is -0.123. The van der Waals surface area contributed by atoms with E-state index in [1.165, 1.54) is 0 Å². The summed E-state index contributed by atoms with van der Waals surface area (Å²) >= 11 is 0. The lowest BCUT2D eigenvalue weighted by Crippen LogP contribution is -2.43. The summed E-state index contributed by atoms with van der Waals surface area (Å²) in [4.78, 5) is 14.2. The van der Waals surface area contributed by atoms with Crippen molar-refractivity contribution in [1.29, 1.82) is 0 Å². The summed E-state index contributed by atoms with van der Waals surface area (Å²) in [5.41, 5.74) is 1.09. The third-order valence-corrected chi connectivity index (χ3v) is 3.97. The van der Waals surface area contributed by atoms with Gasteiger partial charge in [-0.2, -0.15) is 0 Å². The van der Waals surface area contributed by atoms with E-state index in [1.807, 2.05) is 38.4 Å². The predicted molar refractivity (Wildman–Crippen MR) is 83.5 cm³/mol. The normalized spacial score (nSPS) is 19.5. The first-order valence-electron chi connectivity index (χ1n) is 7.44. The fourth-order valence-electron chi connectivity index (χ4n) is 2.74. The minimum Gasteiger partial charge on any atom is -0.496 e. The van der Waals surface area contributed by atoms with Crippen LogP contribution in [0.3, 0.4) is 0 Å². The lowest BCUT2D eigenvalue weighted by atomic mass is 10.0. The Labute approximate surface area is 126 Å². The second-order valence-electron chi connectivity index (χ2n) is 5.62. The molecule has 1 saturated heterocycles. The molecule has 0 spiro atoms. The number of nitrogens with zero attached hydrogens (tertiary/aromatic N) is 1. The molecule has 1 fully saturated rings. The number of carbonyl (C=O) groups is 1. The molecule has 116 valence electrons. The predicted octanol–water partition coefficient (Wildman–Crippen LogP) is 1.17. The summed E-state index contributed by atoms with van der Waals surface area (Å²) in [5, 5.41) is 6.28. The molecule has 1 heterocycles. The zero-order valence-corrected chi connectivity index (χ0v) is 13.1. The second kappa shape index (κ2) is 7.43. The van der Waals surface area contributed by atoms with Crippen molar-refractivity contribution in [3.8, 4) is 5.75 Å². The van der Waals surface area contributed by atoms with E-state index in [9.17, 15) is 4.79 Å². The molecular weight excluding hydrogens is 266 g/mol. The average Bonchev–Trinajstić information content (AvgIpc) is 3.01. The molecule has 2 rings (SSSR count). The van der Waals surface area contributed by atoms with Gasteiger partial charge in [0.15, 0.2) is 0 Å². The number of carbonyl (C=O) groups excluding carboxylic acids is 1. The van der Waals surface area contributed by atoms with Gasteiger partial charge in [-0.3, -0.25) is 4.79 Å². The molecular formula is C16H25N3O2. The van der Waals surface area contributed by atoms with Crippen LogP contribution in [0.1, 0.15) is 24.4 Å². The molecule has 5 heteroatoms. The molecule has 2 N–H and O–H groups in total. The highest BCUT2D eigenvalue weighted by molar-refractivity contribution is 5.82. The van der Waals surface area contributed by atoms with Gasteiger partial charge < -0.3 is 20.3 Å². The quantitative estimate of drug-likeness (QED) is 0.826. The highest BCUT2D eigenvalue weighted by Crippen LogP contribution is 2.27. The van der Waals surface area contributed by atoms with Crippen LogP contribution in [-0.4, -0.2) is 51.1 Å². The van der Waals surface area contributed by atoms with Crippen molar-refractivity contribution in [2.45, 2.75) is 24.9 Å². The monoisotopic (exact) mass is 291 g/mol. The van der Waals surface area contributed by atoms with Crippen LogP contribution in [0.5, 0.6) is 5.75 Å². The topological polar surface area (TPSA) is 53.6 Å². The van der Waals surface area contributed by atoms with Crippen LogP contribution in [-0.2, 0) is 4.79 Å². The Hall–Kier alpha value is -1.59. The Morgan fingerprint density at radius 2 is 2.24 bits per heavy atom. The van der Waals surface area contributed by atoms with Gasteiger partial charge in [0.25, 0.3) is 0 Å². The number of amides is 1. The fourth-order valence-corrected chi connectivity index (χ4v) is 2.74. The SMILES string of the molecule is COc1ccccc1C(CNC(=O)C1CCCN1)N(C)C. The molecule has 1 aromatic carbocycles. The van der Waals surface area contributed by atoms with Crippen LogP contribution >= 0.6 is 0 Å². The van der Waals surface area contributed by atoms with Gasteiger partial charge in [-0.25, -0.2) is 0 Å². The second-order valence-corrected chi connectivity index (χ2v) is 5.62. The number of nitrogens with one attached hydrogen (secondary N) is 2. The molecule has 2 unspecified atom stereocenters. The third-order valence-electron chi connectivity index (χ3n) is 3.97. The van der Waals surface area contributed by atoms with Gasteiger partial charge in [0.2, 0.25) is 5.91 Å². The number of hydrogen-bond donors (Lipinski definition) is 2. The molecule has 1 aromatic rings. The van der Waals surface area contributed by atoms with Crippen molar-refractivity contribution in [2.24, 2.45) is 0 Å². The smallest absolute Gasteiger partial charge is 0.237 e. The van der Waals surface area contributed by atoms with E-state index in [-0.39, 0.29) is 18.0 Å². The number of rotatable bonds is 6. The van der Waals surface area contributed by atoms with E-state index in [0.717, 1.165) is 30.7 Å². The number of para-hydroxylation sites is 1. The number of benzene rings is 1. The van der Waals surface area contributed by atoms with E-state index < -0.39 is 0 Å². The number of ether oxygens (including phenoxy) is 1.